The minimum Gasteiger partial charge on any atom is -0.407 e. The van der Waals surface area contributed by atoms with E-state index in [2.05, 4.69) is 5.48 Å². The molecule has 3 nitrogen and oxygen atoms in total. The third kappa shape index (κ3) is 1.79. The van der Waals surface area contributed by atoms with E-state index in [1.807, 2.05) is 43.3 Å². The summed E-state index contributed by atoms with van der Waals surface area (Å²) in [6, 6.07) is 13.8. The minimum atomic E-state index is 0.0604. The zero-order chi connectivity index (χ0) is 12.5. The predicted molar refractivity (Wildman–Crippen MR) is 69.6 cm³/mol. The molecule has 3 rings (SSSR count). The molecule has 0 fully saturated rings. The number of hydroxylamine groups is 1. The highest BCUT2D eigenvalue weighted by molar-refractivity contribution is 6.02. The first kappa shape index (κ1) is 11.0. The second-order valence-corrected chi connectivity index (χ2v) is 4.39. The summed E-state index contributed by atoms with van der Waals surface area (Å²) in [5.41, 5.74) is 6.50. The molecule has 1 aliphatic heterocycles. The Balaban J connectivity index is 2.15. The highest BCUT2D eigenvalue weighted by Gasteiger charge is 2.21. The zero-order valence-corrected chi connectivity index (χ0v) is 10.1. The number of hydrogen-bond donors (Lipinski definition) is 1. The van der Waals surface area contributed by atoms with Gasteiger partial charge in [0.1, 0.15) is 0 Å². The molecule has 18 heavy (non-hydrogen) atoms. The summed E-state index contributed by atoms with van der Waals surface area (Å²) < 4.78 is 0. The summed E-state index contributed by atoms with van der Waals surface area (Å²) in [6.45, 7) is 2.27. The average Bonchev–Trinajstić information content (AvgIpc) is 2.40. The van der Waals surface area contributed by atoms with E-state index < -0.39 is 0 Å². The summed E-state index contributed by atoms with van der Waals surface area (Å²) in [5.74, 6) is 0.683. The van der Waals surface area contributed by atoms with Crippen molar-refractivity contribution in [2.75, 3.05) is 6.54 Å². The molecule has 1 heterocycles. The van der Waals surface area contributed by atoms with E-state index in [-0.39, 0.29) is 12.3 Å². The van der Waals surface area contributed by atoms with E-state index in [9.17, 15) is 4.79 Å². The molecule has 0 spiro atoms. The molecule has 3 heteroatoms. The SMILES string of the molecule is Cc1ccc(-c2cccc3c2ONCC3=O)cc1. The van der Waals surface area contributed by atoms with E-state index in [1.54, 1.807) is 6.07 Å². The molecule has 0 radical (unpaired) electrons. The van der Waals surface area contributed by atoms with Crippen LogP contribution in [0.25, 0.3) is 11.1 Å². The van der Waals surface area contributed by atoms with Gasteiger partial charge in [0.2, 0.25) is 0 Å². The van der Waals surface area contributed by atoms with Crippen molar-refractivity contribution in [3.8, 4) is 16.9 Å². The second kappa shape index (κ2) is 4.27. The van der Waals surface area contributed by atoms with Crippen molar-refractivity contribution in [1.29, 1.82) is 0 Å². The molecular formula is C15H13NO2. The first-order chi connectivity index (χ1) is 8.75. The fourth-order valence-corrected chi connectivity index (χ4v) is 2.10. The van der Waals surface area contributed by atoms with Gasteiger partial charge >= 0.3 is 0 Å². The number of carbonyl (C=O) groups is 1. The van der Waals surface area contributed by atoms with Crippen LogP contribution in [0.1, 0.15) is 15.9 Å². The van der Waals surface area contributed by atoms with Crippen molar-refractivity contribution in [1.82, 2.24) is 5.48 Å². The molecule has 0 amide bonds. The molecule has 0 aliphatic carbocycles. The molecule has 0 saturated carbocycles. The van der Waals surface area contributed by atoms with Gasteiger partial charge in [-0.1, -0.05) is 42.0 Å². The number of ketones is 1. The number of rotatable bonds is 1. The van der Waals surface area contributed by atoms with Crippen LogP contribution < -0.4 is 10.3 Å². The first-order valence-corrected chi connectivity index (χ1v) is 5.88. The van der Waals surface area contributed by atoms with Gasteiger partial charge < -0.3 is 4.84 Å². The highest BCUT2D eigenvalue weighted by atomic mass is 16.6. The van der Waals surface area contributed by atoms with Gasteiger partial charge in [-0.15, -0.1) is 5.48 Å². The lowest BCUT2D eigenvalue weighted by Gasteiger charge is -2.19. The number of hydrogen-bond acceptors (Lipinski definition) is 3. The third-order valence-electron chi connectivity index (χ3n) is 3.08. The van der Waals surface area contributed by atoms with Crippen molar-refractivity contribution in [3.05, 3.63) is 53.6 Å². The Bertz CT molecular complexity index is 602. The van der Waals surface area contributed by atoms with Gasteiger partial charge in [-0.05, 0) is 18.6 Å². The van der Waals surface area contributed by atoms with Gasteiger partial charge in [0.25, 0.3) is 0 Å². The predicted octanol–water partition coefficient (Wildman–Crippen LogP) is 2.74. The molecule has 0 bridgehead atoms. The van der Waals surface area contributed by atoms with Crippen molar-refractivity contribution in [2.24, 2.45) is 0 Å². The summed E-state index contributed by atoms with van der Waals surface area (Å²) in [6.07, 6.45) is 0. The average molecular weight is 239 g/mol. The van der Waals surface area contributed by atoms with Crippen molar-refractivity contribution >= 4 is 5.78 Å². The van der Waals surface area contributed by atoms with Gasteiger partial charge in [0.05, 0.1) is 12.1 Å². The highest BCUT2D eigenvalue weighted by Crippen LogP contribution is 2.34. The van der Waals surface area contributed by atoms with Gasteiger partial charge in [-0.25, -0.2) is 0 Å². The Morgan fingerprint density at radius 1 is 1.06 bits per heavy atom. The molecule has 90 valence electrons. The number of nitrogens with one attached hydrogen (secondary N) is 1. The summed E-state index contributed by atoms with van der Waals surface area (Å²) in [4.78, 5) is 17.2. The Morgan fingerprint density at radius 2 is 1.78 bits per heavy atom. The quantitative estimate of drug-likeness (QED) is 0.831. The molecule has 0 unspecified atom stereocenters. The van der Waals surface area contributed by atoms with E-state index in [0.29, 0.717) is 11.3 Å². The standard InChI is InChI=1S/C15H13NO2/c1-10-5-7-11(8-6-10)12-3-2-4-13-14(17)9-16-18-15(12)13/h2-8,16H,9H2,1H3. The number of Topliss-reactive ketones (excluding diaryl/α,β-unsaturated/α-hetero) is 1. The van der Waals surface area contributed by atoms with E-state index in [4.69, 9.17) is 4.84 Å². The van der Waals surface area contributed by atoms with Gasteiger partial charge in [-0.2, -0.15) is 0 Å². The van der Waals surface area contributed by atoms with Gasteiger partial charge in [-0.3, -0.25) is 4.79 Å². The molecule has 1 aliphatic rings. The van der Waals surface area contributed by atoms with Gasteiger partial charge in [0, 0.05) is 5.56 Å². The van der Waals surface area contributed by atoms with Crippen molar-refractivity contribution < 1.29 is 9.63 Å². The normalized spacial score (nSPS) is 13.9. The topological polar surface area (TPSA) is 38.3 Å². The molecule has 0 aromatic heterocycles. The second-order valence-electron chi connectivity index (χ2n) is 4.39. The zero-order valence-electron chi connectivity index (χ0n) is 10.1. The van der Waals surface area contributed by atoms with Crippen LogP contribution in [0.5, 0.6) is 5.75 Å². The molecule has 2 aromatic rings. The summed E-state index contributed by atoms with van der Waals surface area (Å²) in [7, 11) is 0. The summed E-state index contributed by atoms with van der Waals surface area (Å²) in [5, 5.41) is 0. The maximum absolute atomic E-state index is 11.8. The van der Waals surface area contributed by atoms with Crippen LogP contribution in [0.4, 0.5) is 0 Å². The van der Waals surface area contributed by atoms with Crippen LogP contribution >= 0.6 is 0 Å². The lowest BCUT2D eigenvalue weighted by molar-refractivity contribution is 0.0875. The van der Waals surface area contributed by atoms with Crippen LogP contribution in [0.15, 0.2) is 42.5 Å². The maximum atomic E-state index is 11.8. The van der Waals surface area contributed by atoms with Gasteiger partial charge in [0.15, 0.2) is 11.5 Å². The van der Waals surface area contributed by atoms with Crippen molar-refractivity contribution in [2.45, 2.75) is 6.92 Å². The molecule has 0 saturated heterocycles. The monoisotopic (exact) mass is 239 g/mol. The molecular weight excluding hydrogens is 226 g/mol. The van der Waals surface area contributed by atoms with Crippen LogP contribution in [-0.2, 0) is 0 Å². The number of aryl methyl sites for hydroxylation is 1. The fraction of sp³-hybridized carbons (Fsp3) is 0.133. The third-order valence-corrected chi connectivity index (χ3v) is 3.08. The minimum absolute atomic E-state index is 0.0604. The van der Waals surface area contributed by atoms with E-state index in [0.717, 1.165) is 11.1 Å². The van der Waals surface area contributed by atoms with Crippen LogP contribution in [-0.4, -0.2) is 12.3 Å². The smallest absolute Gasteiger partial charge is 0.183 e. The largest absolute Gasteiger partial charge is 0.407 e. The number of benzene rings is 2. The number of fused-ring (bicyclic) bond motifs is 1. The maximum Gasteiger partial charge on any atom is 0.183 e. The lowest BCUT2D eigenvalue weighted by Crippen LogP contribution is -2.32. The first-order valence-electron chi connectivity index (χ1n) is 5.88. The van der Waals surface area contributed by atoms with Crippen molar-refractivity contribution in [3.63, 3.8) is 0 Å². The molecule has 0 atom stereocenters. The summed E-state index contributed by atoms with van der Waals surface area (Å²) >= 11 is 0. The molecule has 1 N–H and O–H groups in total. The lowest BCUT2D eigenvalue weighted by atomic mass is 9.98. The van der Waals surface area contributed by atoms with Crippen LogP contribution in [0.2, 0.25) is 0 Å². The Morgan fingerprint density at radius 3 is 2.56 bits per heavy atom. The van der Waals surface area contributed by atoms with Crippen LogP contribution in [0.3, 0.4) is 0 Å². The van der Waals surface area contributed by atoms with E-state index in [1.165, 1.54) is 5.56 Å². The Kier molecular flexibility index (Phi) is 2.61. The number of para-hydroxylation sites is 1. The Hall–Kier alpha value is -2.13. The number of carbonyl (C=O) groups excluding carboxylic acids is 1. The fourth-order valence-electron chi connectivity index (χ4n) is 2.10. The van der Waals surface area contributed by atoms with E-state index >= 15 is 0 Å². The van der Waals surface area contributed by atoms with Crippen LogP contribution in [0, 0.1) is 6.92 Å². The molecule has 2 aromatic carbocycles. The Labute approximate surface area is 105 Å².